The fourth-order valence-corrected chi connectivity index (χ4v) is 2.73. The number of hydrogen-bond donors (Lipinski definition) is 1. The molecule has 0 aliphatic heterocycles. The van der Waals surface area contributed by atoms with Crippen LogP contribution in [-0.4, -0.2) is 36.4 Å². The molecule has 1 aromatic carbocycles. The van der Waals surface area contributed by atoms with Gasteiger partial charge in [-0.15, -0.1) is 0 Å². The number of carbonyl (C=O) groups is 2. The summed E-state index contributed by atoms with van der Waals surface area (Å²) in [5.41, 5.74) is 0.568. The van der Waals surface area contributed by atoms with Gasteiger partial charge in [0.15, 0.2) is 0 Å². The van der Waals surface area contributed by atoms with Crippen molar-refractivity contribution in [3.8, 4) is 5.75 Å². The molecule has 0 atom stereocenters. The number of rotatable bonds is 6. The monoisotopic (exact) mass is 336 g/mol. The molecule has 0 saturated heterocycles. The van der Waals surface area contributed by atoms with E-state index in [1.165, 1.54) is 30.9 Å². The van der Waals surface area contributed by atoms with E-state index in [0.29, 0.717) is 16.5 Å². The Bertz CT molecular complexity index is 598. The first kappa shape index (κ1) is 17.3. The van der Waals surface area contributed by atoms with Crippen molar-refractivity contribution in [3.63, 3.8) is 0 Å². The van der Waals surface area contributed by atoms with E-state index < -0.39 is 0 Å². The lowest BCUT2D eigenvalue weighted by Crippen LogP contribution is -2.33. The van der Waals surface area contributed by atoms with E-state index in [0.717, 1.165) is 12.8 Å². The highest BCUT2D eigenvalue weighted by Crippen LogP contribution is 2.31. The lowest BCUT2D eigenvalue weighted by molar-refractivity contribution is -0.129. The normalized spacial score (nSPS) is 14.3. The zero-order valence-electron chi connectivity index (χ0n) is 13.2. The first-order chi connectivity index (χ1) is 11.0. The molecule has 5 nitrogen and oxygen atoms in total. The van der Waals surface area contributed by atoms with Crippen LogP contribution in [0.2, 0.25) is 5.02 Å². The van der Waals surface area contributed by atoms with E-state index >= 15 is 0 Å². The quantitative estimate of drug-likeness (QED) is 0.811. The van der Waals surface area contributed by atoms with Gasteiger partial charge in [0.05, 0.1) is 17.7 Å². The molecular formula is C17H21ClN2O3. The molecule has 2 amide bonds. The summed E-state index contributed by atoms with van der Waals surface area (Å²) in [6, 6.07) is 5.15. The van der Waals surface area contributed by atoms with Crippen LogP contribution >= 0.6 is 11.6 Å². The van der Waals surface area contributed by atoms with Crippen LogP contribution in [0, 0.1) is 0 Å². The van der Waals surface area contributed by atoms with Gasteiger partial charge in [0.1, 0.15) is 5.75 Å². The Morgan fingerprint density at radius 3 is 2.74 bits per heavy atom. The fourth-order valence-electron chi connectivity index (χ4n) is 2.51. The van der Waals surface area contributed by atoms with Crippen molar-refractivity contribution < 1.29 is 14.3 Å². The maximum absolute atomic E-state index is 11.9. The zero-order chi connectivity index (χ0) is 16.8. The van der Waals surface area contributed by atoms with Crippen molar-refractivity contribution in [1.29, 1.82) is 0 Å². The molecule has 0 radical (unpaired) electrons. The van der Waals surface area contributed by atoms with E-state index in [9.17, 15) is 9.59 Å². The molecule has 0 heterocycles. The second-order valence-electron chi connectivity index (χ2n) is 5.62. The molecule has 1 saturated carbocycles. The molecule has 1 aliphatic rings. The fraction of sp³-hybridized carbons (Fsp3) is 0.412. The largest absolute Gasteiger partial charge is 0.489 e. The van der Waals surface area contributed by atoms with Gasteiger partial charge in [0, 0.05) is 12.7 Å². The summed E-state index contributed by atoms with van der Waals surface area (Å²) in [4.78, 5) is 24.5. The Hall–Kier alpha value is -2.01. The average Bonchev–Trinajstić information content (AvgIpc) is 3.02. The first-order valence-corrected chi connectivity index (χ1v) is 8.01. The van der Waals surface area contributed by atoms with Crippen molar-refractivity contribution in [2.45, 2.75) is 31.8 Å². The Morgan fingerprint density at radius 1 is 1.43 bits per heavy atom. The Morgan fingerprint density at radius 2 is 2.13 bits per heavy atom. The number of hydrogen-bond acceptors (Lipinski definition) is 3. The van der Waals surface area contributed by atoms with Crippen LogP contribution in [0.5, 0.6) is 5.75 Å². The second kappa shape index (κ2) is 8.02. The van der Waals surface area contributed by atoms with E-state index in [1.807, 2.05) is 0 Å². The number of likely N-dealkylation sites (N-methyl/N-ethyl adjacent to an activating group) is 1. The van der Waals surface area contributed by atoms with Gasteiger partial charge in [-0.2, -0.15) is 0 Å². The van der Waals surface area contributed by atoms with Gasteiger partial charge in [-0.25, -0.2) is 0 Å². The molecule has 0 bridgehead atoms. The molecule has 2 rings (SSSR count). The third-order valence-corrected chi connectivity index (χ3v) is 4.04. The van der Waals surface area contributed by atoms with Crippen molar-refractivity contribution in [2.24, 2.45) is 0 Å². The van der Waals surface area contributed by atoms with Gasteiger partial charge in [0.2, 0.25) is 11.8 Å². The third kappa shape index (κ3) is 4.99. The van der Waals surface area contributed by atoms with E-state index in [-0.39, 0.29) is 24.5 Å². The maximum atomic E-state index is 11.9. The number of carbonyl (C=O) groups excluding carboxylic acids is 2. The van der Waals surface area contributed by atoms with Crippen LogP contribution in [0.4, 0.5) is 5.69 Å². The predicted octanol–water partition coefficient (Wildman–Crippen LogP) is 3.24. The highest BCUT2D eigenvalue weighted by Gasteiger charge is 2.18. The highest BCUT2D eigenvalue weighted by molar-refractivity contribution is 6.32. The van der Waals surface area contributed by atoms with Gasteiger partial charge in [-0.05, 0) is 50.0 Å². The molecule has 1 aromatic rings. The van der Waals surface area contributed by atoms with Gasteiger partial charge < -0.3 is 15.0 Å². The molecule has 6 heteroatoms. The van der Waals surface area contributed by atoms with Crippen LogP contribution in [0.15, 0.2) is 30.9 Å². The first-order valence-electron chi connectivity index (χ1n) is 7.63. The van der Waals surface area contributed by atoms with Crippen LogP contribution in [0.1, 0.15) is 25.7 Å². The average molecular weight is 337 g/mol. The molecule has 1 fully saturated rings. The number of amides is 2. The summed E-state index contributed by atoms with van der Waals surface area (Å²) in [5.74, 6) is 0.0252. The van der Waals surface area contributed by atoms with Crippen molar-refractivity contribution in [2.75, 3.05) is 18.9 Å². The number of anilines is 1. The number of benzene rings is 1. The van der Waals surface area contributed by atoms with Crippen LogP contribution in [0.25, 0.3) is 0 Å². The summed E-state index contributed by atoms with van der Waals surface area (Å²) in [5, 5.41) is 3.17. The molecule has 0 spiro atoms. The van der Waals surface area contributed by atoms with Gasteiger partial charge in [-0.3, -0.25) is 9.59 Å². The topological polar surface area (TPSA) is 58.6 Å². The molecule has 0 aromatic heterocycles. The summed E-state index contributed by atoms with van der Waals surface area (Å²) >= 11 is 6.22. The van der Waals surface area contributed by atoms with Gasteiger partial charge in [-0.1, -0.05) is 18.2 Å². The number of halogens is 1. The van der Waals surface area contributed by atoms with Crippen molar-refractivity contribution >= 4 is 29.1 Å². The van der Waals surface area contributed by atoms with Gasteiger partial charge >= 0.3 is 0 Å². The molecule has 1 aliphatic carbocycles. The van der Waals surface area contributed by atoms with E-state index in [1.54, 1.807) is 18.2 Å². The molecular weight excluding hydrogens is 316 g/mol. The minimum Gasteiger partial charge on any atom is -0.489 e. The molecule has 124 valence electrons. The van der Waals surface area contributed by atoms with Crippen LogP contribution in [0.3, 0.4) is 0 Å². The summed E-state index contributed by atoms with van der Waals surface area (Å²) in [6.45, 7) is 3.33. The SMILES string of the molecule is C=CC(=O)N(C)CC(=O)Nc1ccc(OC2CCCC2)c(Cl)c1. The maximum Gasteiger partial charge on any atom is 0.246 e. The second-order valence-corrected chi connectivity index (χ2v) is 6.02. The number of nitrogens with zero attached hydrogens (tertiary/aromatic N) is 1. The highest BCUT2D eigenvalue weighted by atomic mass is 35.5. The Balaban J connectivity index is 1.93. The van der Waals surface area contributed by atoms with Gasteiger partial charge in [0.25, 0.3) is 0 Å². The third-order valence-electron chi connectivity index (χ3n) is 3.74. The number of ether oxygens (including phenoxy) is 1. The van der Waals surface area contributed by atoms with Crippen LogP contribution < -0.4 is 10.1 Å². The molecule has 0 unspecified atom stereocenters. The zero-order valence-corrected chi connectivity index (χ0v) is 13.9. The summed E-state index contributed by atoms with van der Waals surface area (Å²) in [7, 11) is 1.54. The Labute approximate surface area is 141 Å². The minimum absolute atomic E-state index is 0.0528. The van der Waals surface area contributed by atoms with E-state index in [2.05, 4.69) is 11.9 Å². The van der Waals surface area contributed by atoms with Crippen molar-refractivity contribution in [3.05, 3.63) is 35.9 Å². The standard InChI is InChI=1S/C17H21ClN2O3/c1-3-17(22)20(2)11-16(21)19-12-8-9-15(14(18)10-12)23-13-6-4-5-7-13/h3,8-10,13H,1,4-7,11H2,2H3,(H,19,21). The van der Waals surface area contributed by atoms with Crippen LogP contribution in [-0.2, 0) is 9.59 Å². The lowest BCUT2D eigenvalue weighted by Gasteiger charge is -2.16. The number of nitrogens with one attached hydrogen (secondary N) is 1. The summed E-state index contributed by atoms with van der Waals surface area (Å²) in [6.07, 6.45) is 5.88. The molecule has 1 N–H and O–H groups in total. The smallest absolute Gasteiger partial charge is 0.246 e. The predicted molar refractivity (Wildman–Crippen MR) is 90.8 cm³/mol. The molecule has 23 heavy (non-hydrogen) atoms. The minimum atomic E-state index is -0.307. The lowest BCUT2D eigenvalue weighted by atomic mass is 10.2. The Kier molecular flexibility index (Phi) is 6.04. The summed E-state index contributed by atoms with van der Waals surface area (Å²) < 4.78 is 5.87. The van der Waals surface area contributed by atoms with E-state index in [4.69, 9.17) is 16.3 Å². The van der Waals surface area contributed by atoms with Crippen molar-refractivity contribution in [1.82, 2.24) is 4.90 Å².